The Bertz CT molecular complexity index is 773. The van der Waals surface area contributed by atoms with Crippen molar-refractivity contribution in [3.05, 3.63) is 59.9 Å². The minimum atomic E-state index is -0.621. The molecule has 0 atom stereocenters. The van der Waals surface area contributed by atoms with Crippen LogP contribution < -0.4 is 0 Å². The highest BCUT2D eigenvalue weighted by atomic mass is 16.6. The number of allylic oxidation sites excluding steroid dienone is 7. The van der Waals surface area contributed by atoms with E-state index in [1.54, 1.807) is 13.1 Å². The molecule has 0 saturated heterocycles. The Labute approximate surface area is 183 Å². The van der Waals surface area contributed by atoms with Crippen LogP contribution in [0.1, 0.15) is 61.3 Å². The Morgan fingerprint density at radius 2 is 1.87 bits per heavy atom. The molecule has 0 aliphatic heterocycles. The number of aliphatic imine (C=N–C) groups is 2. The Balaban J connectivity index is 6.79. The highest BCUT2D eigenvalue weighted by Crippen LogP contribution is 2.19. The fraction of sp³-hybridized carbons (Fsp3) is 0.480. The molecule has 0 saturated carbocycles. The Hall–Kier alpha value is -2.69. The smallest absolute Gasteiger partial charge is 0.434 e. The molecular formula is C25H39N3O2. The summed E-state index contributed by atoms with van der Waals surface area (Å²) in [6.07, 6.45) is 12.4. The number of rotatable bonds is 8. The molecule has 0 aromatic heterocycles. The van der Waals surface area contributed by atoms with Crippen molar-refractivity contribution in [3.8, 4) is 0 Å². The summed E-state index contributed by atoms with van der Waals surface area (Å²) >= 11 is 0. The van der Waals surface area contributed by atoms with Crippen LogP contribution in [0.4, 0.5) is 4.79 Å². The maximum atomic E-state index is 12.6. The summed E-state index contributed by atoms with van der Waals surface area (Å²) in [5.41, 5.74) is 2.89. The van der Waals surface area contributed by atoms with E-state index in [2.05, 4.69) is 29.6 Å². The van der Waals surface area contributed by atoms with Crippen LogP contribution in [-0.4, -0.2) is 42.2 Å². The molecule has 0 aromatic carbocycles. The van der Waals surface area contributed by atoms with E-state index in [-0.39, 0.29) is 0 Å². The molecule has 0 aliphatic carbocycles. The summed E-state index contributed by atoms with van der Waals surface area (Å²) in [4.78, 5) is 23.4. The molecule has 30 heavy (non-hydrogen) atoms. The fourth-order valence-corrected chi connectivity index (χ4v) is 2.51. The van der Waals surface area contributed by atoms with E-state index in [0.29, 0.717) is 11.5 Å². The van der Waals surface area contributed by atoms with E-state index >= 15 is 0 Å². The summed E-state index contributed by atoms with van der Waals surface area (Å²) in [7, 11) is 3.64. The first-order valence-electron chi connectivity index (χ1n) is 10.3. The average molecular weight is 414 g/mol. The van der Waals surface area contributed by atoms with E-state index in [1.165, 1.54) is 0 Å². The van der Waals surface area contributed by atoms with Gasteiger partial charge in [0.2, 0.25) is 0 Å². The lowest BCUT2D eigenvalue weighted by Gasteiger charge is -2.23. The first-order valence-corrected chi connectivity index (χ1v) is 10.3. The first-order chi connectivity index (χ1) is 14.0. The van der Waals surface area contributed by atoms with Gasteiger partial charge in [-0.1, -0.05) is 42.9 Å². The largest absolute Gasteiger partial charge is 0.442 e. The van der Waals surface area contributed by atoms with Crippen molar-refractivity contribution in [1.29, 1.82) is 0 Å². The zero-order chi connectivity index (χ0) is 23.3. The third-order valence-electron chi connectivity index (χ3n) is 4.10. The fourth-order valence-electron chi connectivity index (χ4n) is 2.51. The van der Waals surface area contributed by atoms with Gasteiger partial charge in [0.25, 0.3) is 0 Å². The third-order valence-corrected chi connectivity index (χ3v) is 4.10. The molecule has 0 rings (SSSR count). The van der Waals surface area contributed by atoms with E-state index in [0.717, 1.165) is 29.6 Å². The van der Waals surface area contributed by atoms with Gasteiger partial charge in [0.05, 0.1) is 5.71 Å². The van der Waals surface area contributed by atoms with Crippen LogP contribution in [0.3, 0.4) is 0 Å². The van der Waals surface area contributed by atoms with Crippen LogP contribution in [0.5, 0.6) is 0 Å². The maximum Gasteiger partial charge on any atom is 0.434 e. The van der Waals surface area contributed by atoms with Gasteiger partial charge in [-0.25, -0.2) is 4.79 Å². The van der Waals surface area contributed by atoms with Crippen molar-refractivity contribution in [2.24, 2.45) is 9.98 Å². The minimum Gasteiger partial charge on any atom is -0.442 e. The first kappa shape index (κ1) is 27.3. The van der Waals surface area contributed by atoms with E-state index in [1.807, 2.05) is 77.9 Å². The molecule has 0 heterocycles. The summed E-state index contributed by atoms with van der Waals surface area (Å²) in [6.45, 7) is 17.3. The average Bonchev–Trinajstić information content (AvgIpc) is 2.65. The molecule has 0 bridgehead atoms. The highest BCUT2D eigenvalue weighted by molar-refractivity contribution is 6.29. The Morgan fingerprint density at radius 1 is 1.23 bits per heavy atom. The zero-order valence-corrected chi connectivity index (χ0v) is 20.2. The lowest BCUT2D eigenvalue weighted by atomic mass is 9.97. The van der Waals surface area contributed by atoms with Gasteiger partial charge in [0.15, 0.2) is 0 Å². The van der Waals surface area contributed by atoms with Crippen molar-refractivity contribution in [1.82, 2.24) is 4.90 Å². The lowest BCUT2D eigenvalue weighted by molar-refractivity contribution is 0.0604. The predicted molar refractivity (Wildman–Crippen MR) is 130 cm³/mol. The van der Waals surface area contributed by atoms with Gasteiger partial charge in [-0.05, 0) is 66.5 Å². The van der Waals surface area contributed by atoms with Crippen molar-refractivity contribution in [2.75, 3.05) is 14.1 Å². The standard InChI is InChI=1S/C25H39N3O2/c1-11-14-16-20(5)22(23(26-9)28(10)17-15-12-2)21(18-19(4)13-3)27-24(29)30-25(6,7)8/h11-12,14-15,17-18H,2,13,16H2,1,3-10H3/b14-11?,17-15?,19-18+,22-20+,26-23?,27-21?. The van der Waals surface area contributed by atoms with Crippen LogP contribution in [0, 0.1) is 0 Å². The Kier molecular flexibility index (Phi) is 12.3. The monoisotopic (exact) mass is 413 g/mol. The lowest BCUT2D eigenvalue weighted by Crippen LogP contribution is -2.29. The van der Waals surface area contributed by atoms with Crippen molar-refractivity contribution >= 4 is 17.6 Å². The van der Waals surface area contributed by atoms with E-state index in [4.69, 9.17) is 4.74 Å². The van der Waals surface area contributed by atoms with Crippen LogP contribution >= 0.6 is 0 Å². The van der Waals surface area contributed by atoms with Crippen LogP contribution in [0.25, 0.3) is 0 Å². The molecule has 0 unspecified atom stereocenters. The molecule has 0 spiro atoms. The number of likely N-dealkylation sites (N-methyl/N-ethyl adjacent to an activating group) is 1. The number of hydrogen-bond acceptors (Lipinski definition) is 3. The van der Waals surface area contributed by atoms with Gasteiger partial charge in [-0.3, -0.25) is 4.99 Å². The molecule has 0 fully saturated rings. The minimum absolute atomic E-state index is 0.546. The van der Waals surface area contributed by atoms with Crippen LogP contribution in [0.2, 0.25) is 0 Å². The summed E-state index contributed by atoms with van der Waals surface area (Å²) in [5.74, 6) is 0.706. The van der Waals surface area contributed by atoms with E-state index in [9.17, 15) is 4.79 Å². The Morgan fingerprint density at radius 3 is 2.33 bits per heavy atom. The molecule has 166 valence electrons. The van der Waals surface area contributed by atoms with Crippen LogP contribution in [-0.2, 0) is 4.74 Å². The third kappa shape index (κ3) is 10.2. The topological polar surface area (TPSA) is 54.3 Å². The molecule has 0 aliphatic rings. The van der Waals surface area contributed by atoms with Gasteiger partial charge < -0.3 is 9.64 Å². The molecule has 0 aromatic rings. The normalized spacial score (nSPS) is 14.9. The second kappa shape index (κ2) is 13.5. The number of nitrogens with zero attached hydrogens (tertiary/aromatic N) is 3. The molecule has 0 N–H and O–H groups in total. The zero-order valence-electron chi connectivity index (χ0n) is 20.2. The maximum absolute atomic E-state index is 12.6. The van der Waals surface area contributed by atoms with Gasteiger partial charge in [0, 0.05) is 25.9 Å². The number of amides is 1. The summed E-state index contributed by atoms with van der Waals surface area (Å²) < 4.78 is 5.46. The summed E-state index contributed by atoms with van der Waals surface area (Å²) in [6, 6.07) is 0. The number of ether oxygens (including phenoxy) is 1. The SMILES string of the molecule is C=CC=CN(C)C(=NC)/C(C(/C=C(\C)CC)=NC(=O)OC(C)(C)C)=C(\C)CC=CC. The number of carbonyl (C=O) groups excluding carboxylic acids is 1. The number of hydrogen-bond donors (Lipinski definition) is 0. The number of carbonyl (C=O) groups is 1. The highest BCUT2D eigenvalue weighted by Gasteiger charge is 2.21. The predicted octanol–water partition coefficient (Wildman–Crippen LogP) is 6.66. The van der Waals surface area contributed by atoms with Gasteiger partial charge in [-0.2, -0.15) is 4.99 Å². The second-order valence-corrected chi connectivity index (χ2v) is 7.99. The summed E-state index contributed by atoms with van der Waals surface area (Å²) in [5, 5.41) is 0. The van der Waals surface area contributed by atoms with Gasteiger partial charge in [0.1, 0.15) is 11.4 Å². The van der Waals surface area contributed by atoms with Gasteiger partial charge >= 0.3 is 6.09 Å². The van der Waals surface area contributed by atoms with Crippen molar-refractivity contribution < 1.29 is 9.53 Å². The quantitative estimate of drug-likeness (QED) is 0.193. The van der Waals surface area contributed by atoms with Crippen LogP contribution in [0.15, 0.2) is 69.9 Å². The second-order valence-electron chi connectivity index (χ2n) is 7.99. The molecule has 5 heteroatoms. The molecular weight excluding hydrogens is 374 g/mol. The van der Waals surface area contributed by atoms with Crippen molar-refractivity contribution in [2.45, 2.75) is 66.9 Å². The number of amidine groups is 1. The van der Waals surface area contributed by atoms with Gasteiger partial charge in [-0.15, -0.1) is 0 Å². The molecule has 5 nitrogen and oxygen atoms in total. The molecule has 0 radical (unpaired) electrons. The molecule has 1 amide bonds. The van der Waals surface area contributed by atoms with E-state index < -0.39 is 11.7 Å². The van der Waals surface area contributed by atoms with Crippen molar-refractivity contribution in [3.63, 3.8) is 0 Å².